The fourth-order valence-electron chi connectivity index (χ4n) is 1.86. The maximum absolute atomic E-state index is 13.5. The lowest BCUT2D eigenvalue weighted by atomic mass is 10.1. The zero-order chi connectivity index (χ0) is 16.3. The number of nitrogens with one attached hydrogen (secondary N) is 1. The van der Waals surface area contributed by atoms with Crippen molar-refractivity contribution in [3.05, 3.63) is 70.0 Å². The number of amides is 1. The molecule has 0 spiro atoms. The first-order chi connectivity index (χ1) is 10.4. The molecule has 0 aliphatic heterocycles. The maximum atomic E-state index is 13.5. The molecule has 2 aromatic rings. The average Bonchev–Trinajstić information content (AvgIpc) is 2.47. The van der Waals surface area contributed by atoms with Gasteiger partial charge < -0.3 is 10.4 Å². The molecule has 0 radical (unpaired) electrons. The highest BCUT2D eigenvalue weighted by molar-refractivity contribution is 6.30. The van der Waals surface area contributed by atoms with Crippen molar-refractivity contribution in [2.75, 3.05) is 6.54 Å². The summed E-state index contributed by atoms with van der Waals surface area (Å²) in [6, 6.07) is 6.58. The van der Waals surface area contributed by atoms with Crippen LogP contribution >= 0.6 is 11.6 Å². The van der Waals surface area contributed by atoms with E-state index in [0.717, 1.165) is 24.3 Å². The molecule has 1 atom stereocenters. The second-order valence-corrected chi connectivity index (χ2v) is 4.90. The van der Waals surface area contributed by atoms with Gasteiger partial charge in [-0.3, -0.25) is 4.79 Å². The summed E-state index contributed by atoms with van der Waals surface area (Å²) in [4.78, 5) is 11.8. The molecule has 2 aromatic carbocycles. The second kappa shape index (κ2) is 6.81. The van der Waals surface area contributed by atoms with E-state index in [4.69, 9.17) is 11.6 Å². The number of hydrogen-bond donors (Lipinski definition) is 2. The van der Waals surface area contributed by atoms with Crippen LogP contribution in [0.3, 0.4) is 0 Å². The van der Waals surface area contributed by atoms with Gasteiger partial charge in [0.05, 0.1) is 10.6 Å². The molecule has 2 rings (SSSR count). The number of benzene rings is 2. The number of aliphatic hydroxyl groups is 1. The van der Waals surface area contributed by atoms with Gasteiger partial charge in [-0.15, -0.1) is 0 Å². The van der Waals surface area contributed by atoms with Gasteiger partial charge in [0.25, 0.3) is 5.91 Å². The van der Waals surface area contributed by atoms with Crippen molar-refractivity contribution in [3.8, 4) is 0 Å². The standard InChI is InChI=1S/C15H11ClF3NO2/c16-9-5-4-8(6-12(9)19)15(22)20-7-13(21)14-10(17)2-1-3-11(14)18/h1-6,13,21H,7H2,(H,20,22). The quantitative estimate of drug-likeness (QED) is 0.905. The predicted molar refractivity (Wildman–Crippen MR) is 75.1 cm³/mol. The van der Waals surface area contributed by atoms with Crippen LogP contribution in [0, 0.1) is 17.5 Å². The van der Waals surface area contributed by atoms with Gasteiger partial charge in [0.15, 0.2) is 0 Å². The smallest absolute Gasteiger partial charge is 0.251 e. The Kier molecular flexibility index (Phi) is 5.05. The molecule has 22 heavy (non-hydrogen) atoms. The zero-order valence-electron chi connectivity index (χ0n) is 11.1. The van der Waals surface area contributed by atoms with E-state index in [2.05, 4.69) is 5.32 Å². The fourth-order valence-corrected chi connectivity index (χ4v) is 1.98. The summed E-state index contributed by atoms with van der Waals surface area (Å²) in [6.45, 7) is -0.430. The van der Waals surface area contributed by atoms with Gasteiger partial charge in [0.1, 0.15) is 23.6 Å². The van der Waals surface area contributed by atoms with Crippen molar-refractivity contribution in [1.82, 2.24) is 5.32 Å². The Bertz CT molecular complexity index is 689. The van der Waals surface area contributed by atoms with E-state index in [-0.39, 0.29) is 10.6 Å². The monoisotopic (exact) mass is 329 g/mol. The van der Waals surface area contributed by atoms with Crippen molar-refractivity contribution in [1.29, 1.82) is 0 Å². The van der Waals surface area contributed by atoms with Crippen LogP contribution in [-0.2, 0) is 0 Å². The number of hydrogen-bond acceptors (Lipinski definition) is 2. The summed E-state index contributed by atoms with van der Waals surface area (Å²) in [7, 11) is 0. The van der Waals surface area contributed by atoms with Crippen molar-refractivity contribution in [2.24, 2.45) is 0 Å². The van der Waals surface area contributed by atoms with Gasteiger partial charge in [0.2, 0.25) is 0 Å². The summed E-state index contributed by atoms with van der Waals surface area (Å²) in [5, 5.41) is 11.9. The first-order valence-corrected chi connectivity index (χ1v) is 6.63. The van der Waals surface area contributed by atoms with Gasteiger partial charge in [-0.2, -0.15) is 0 Å². The van der Waals surface area contributed by atoms with E-state index in [1.54, 1.807) is 0 Å². The minimum absolute atomic E-state index is 0.0249. The van der Waals surface area contributed by atoms with Crippen LogP contribution in [0.5, 0.6) is 0 Å². The average molecular weight is 330 g/mol. The lowest BCUT2D eigenvalue weighted by molar-refractivity contribution is 0.0911. The highest BCUT2D eigenvalue weighted by Crippen LogP contribution is 2.20. The Morgan fingerprint density at radius 3 is 2.36 bits per heavy atom. The number of halogens is 4. The molecule has 2 N–H and O–H groups in total. The second-order valence-electron chi connectivity index (χ2n) is 4.49. The molecule has 7 heteroatoms. The van der Waals surface area contributed by atoms with Crippen LogP contribution in [0.2, 0.25) is 5.02 Å². The van der Waals surface area contributed by atoms with Crippen LogP contribution in [0.1, 0.15) is 22.0 Å². The molecule has 0 heterocycles. The Labute approximate surface area is 129 Å². The highest BCUT2D eigenvalue weighted by atomic mass is 35.5. The molecule has 1 unspecified atom stereocenters. The Morgan fingerprint density at radius 1 is 1.14 bits per heavy atom. The largest absolute Gasteiger partial charge is 0.386 e. The summed E-state index contributed by atoms with van der Waals surface area (Å²) in [5.74, 6) is -3.31. The molecule has 0 aliphatic carbocycles. The SMILES string of the molecule is O=C(NCC(O)c1c(F)cccc1F)c1ccc(Cl)c(F)c1. The maximum Gasteiger partial charge on any atom is 0.251 e. The number of carbonyl (C=O) groups excluding carboxylic acids is 1. The van der Waals surface area contributed by atoms with E-state index < -0.39 is 41.6 Å². The molecular weight excluding hydrogens is 319 g/mol. The third-order valence-corrected chi connectivity index (χ3v) is 3.28. The summed E-state index contributed by atoms with van der Waals surface area (Å²) < 4.78 is 40.2. The van der Waals surface area contributed by atoms with Crippen LogP contribution < -0.4 is 5.32 Å². The Balaban J connectivity index is 2.06. The van der Waals surface area contributed by atoms with Gasteiger partial charge in [-0.25, -0.2) is 13.2 Å². The summed E-state index contributed by atoms with van der Waals surface area (Å²) >= 11 is 5.50. The highest BCUT2D eigenvalue weighted by Gasteiger charge is 2.19. The van der Waals surface area contributed by atoms with E-state index >= 15 is 0 Å². The first kappa shape index (κ1) is 16.3. The molecule has 0 bridgehead atoms. The van der Waals surface area contributed by atoms with Gasteiger partial charge >= 0.3 is 0 Å². The molecule has 3 nitrogen and oxygen atoms in total. The molecule has 0 saturated carbocycles. The summed E-state index contributed by atoms with van der Waals surface area (Å²) in [5.41, 5.74) is -0.562. The minimum Gasteiger partial charge on any atom is -0.386 e. The minimum atomic E-state index is -1.57. The normalized spacial score (nSPS) is 12.0. The van der Waals surface area contributed by atoms with Crippen LogP contribution in [0.25, 0.3) is 0 Å². The molecule has 0 aliphatic rings. The van der Waals surface area contributed by atoms with E-state index in [9.17, 15) is 23.1 Å². The lowest BCUT2D eigenvalue weighted by Gasteiger charge is -2.14. The van der Waals surface area contributed by atoms with Crippen molar-refractivity contribution >= 4 is 17.5 Å². The van der Waals surface area contributed by atoms with Crippen molar-refractivity contribution < 1.29 is 23.1 Å². The topological polar surface area (TPSA) is 49.3 Å². The third-order valence-electron chi connectivity index (χ3n) is 2.97. The van der Waals surface area contributed by atoms with E-state index in [1.807, 2.05) is 0 Å². The molecule has 116 valence electrons. The summed E-state index contributed by atoms with van der Waals surface area (Å²) in [6.07, 6.45) is -1.57. The molecule has 0 saturated heterocycles. The van der Waals surface area contributed by atoms with Gasteiger partial charge in [-0.1, -0.05) is 17.7 Å². The third kappa shape index (κ3) is 3.58. The number of aliphatic hydroxyl groups excluding tert-OH is 1. The van der Waals surface area contributed by atoms with Gasteiger partial charge in [0, 0.05) is 12.1 Å². The number of carbonyl (C=O) groups is 1. The lowest BCUT2D eigenvalue weighted by Crippen LogP contribution is -2.29. The van der Waals surface area contributed by atoms with Crippen LogP contribution in [-0.4, -0.2) is 17.6 Å². The molecule has 0 aromatic heterocycles. The molecule has 1 amide bonds. The Hall–Kier alpha value is -2.05. The van der Waals surface area contributed by atoms with Crippen LogP contribution in [0.15, 0.2) is 36.4 Å². The van der Waals surface area contributed by atoms with Gasteiger partial charge in [-0.05, 0) is 30.3 Å². The predicted octanol–water partition coefficient (Wildman–Crippen LogP) is 3.22. The van der Waals surface area contributed by atoms with Crippen LogP contribution in [0.4, 0.5) is 13.2 Å². The van der Waals surface area contributed by atoms with Crippen molar-refractivity contribution in [2.45, 2.75) is 6.10 Å². The van der Waals surface area contributed by atoms with E-state index in [0.29, 0.717) is 0 Å². The first-order valence-electron chi connectivity index (χ1n) is 6.25. The molecular formula is C15H11ClF3NO2. The zero-order valence-corrected chi connectivity index (χ0v) is 11.9. The Morgan fingerprint density at radius 2 is 1.77 bits per heavy atom. The van der Waals surface area contributed by atoms with E-state index in [1.165, 1.54) is 12.1 Å². The van der Waals surface area contributed by atoms with Crippen molar-refractivity contribution in [3.63, 3.8) is 0 Å². The molecule has 0 fully saturated rings. The fraction of sp³-hybridized carbons (Fsp3) is 0.133. The number of rotatable bonds is 4.